The normalized spacial score (nSPS) is 10.8. The van der Waals surface area contributed by atoms with Gasteiger partial charge in [-0.05, 0) is 13.0 Å². The Labute approximate surface area is 87.1 Å². The van der Waals surface area contributed by atoms with Gasteiger partial charge < -0.3 is 0 Å². The molecule has 0 saturated heterocycles. The summed E-state index contributed by atoms with van der Waals surface area (Å²) in [5, 5.41) is 9.10. The molecular weight excluding hydrogens is 200 g/mol. The van der Waals surface area contributed by atoms with Crippen LogP contribution in [0.2, 0.25) is 5.02 Å². The lowest BCUT2D eigenvalue weighted by Crippen LogP contribution is -1.97. The maximum absolute atomic E-state index is 6.06. The first-order valence-electron chi connectivity index (χ1n) is 4.43. The fraction of sp³-hybridized carbons (Fsp3) is 0.333. The summed E-state index contributed by atoms with van der Waals surface area (Å²) in [7, 11) is 1.87. The number of rotatable bonds is 2. The van der Waals surface area contributed by atoms with E-state index < -0.39 is 0 Å². The zero-order valence-electron chi connectivity index (χ0n) is 8.11. The van der Waals surface area contributed by atoms with E-state index in [4.69, 9.17) is 11.6 Å². The number of hydrogen-bond donors (Lipinski definition) is 0. The molecule has 2 aromatic heterocycles. The maximum atomic E-state index is 6.06. The Morgan fingerprint density at radius 1 is 1.50 bits per heavy atom. The quantitative estimate of drug-likeness (QED) is 0.760. The van der Waals surface area contributed by atoms with Crippen LogP contribution in [0.5, 0.6) is 0 Å². The highest BCUT2D eigenvalue weighted by Crippen LogP contribution is 2.25. The molecule has 2 aromatic rings. The summed E-state index contributed by atoms with van der Waals surface area (Å²) in [5.41, 5.74) is 1.72. The van der Waals surface area contributed by atoms with Crippen molar-refractivity contribution in [2.75, 3.05) is 0 Å². The van der Waals surface area contributed by atoms with Crippen LogP contribution in [0, 0.1) is 0 Å². The molecular formula is C9H11ClN4. The molecule has 0 bridgehead atoms. The topological polar surface area (TPSA) is 35.6 Å². The third-order valence-electron chi connectivity index (χ3n) is 2.10. The van der Waals surface area contributed by atoms with Crippen LogP contribution in [0.3, 0.4) is 0 Å². The Morgan fingerprint density at radius 3 is 2.79 bits per heavy atom. The van der Waals surface area contributed by atoms with Gasteiger partial charge in [-0.1, -0.05) is 11.6 Å². The van der Waals surface area contributed by atoms with Gasteiger partial charge in [-0.15, -0.1) is 0 Å². The van der Waals surface area contributed by atoms with E-state index >= 15 is 0 Å². The molecule has 0 aliphatic heterocycles. The minimum atomic E-state index is 0.662. The van der Waals surface area contributed by atoms with Crippen LogP contribution in [0.15, 0.2) is 18.5 Å². The molecule has 0 radical (unpaired) electrons. The van der Waals surface area contributed by atoms with Crippen LogP contribution >= 0.6 is 11.6 Å². The second-order valence-electron chi connectivity index (χ2n) is 3.02. The number of aromatic nitrogens is 4. The van der Waals surface area contributed by atoms with E-state index in [2.05, 4.69) is 10.2 Å². The standard InChI is InChI=1S/C9H11ClN4/c1-3-14-6-7(10)9(12-14)8-4-5-11-13(8)2/h4-6H,3H2,1-2H3. The Bertz CT molecular complexity index is 443. The van der Waals surface area contributed by atoms with E-state index in [9.17, 15) is 0 Å². The van der Waals surface area contributed by atoms with Gasteiger partial charge in [0.15, 0.2) is 0 Å². The summed E-state index contributed by atoms with van der Waals surface area (Å²) in [6.07, 6.45) is 3.56. The molecule has 0 aliphatic carbocycles. The third kappa shape index (κ3) is 1.42. The van der Waals surface area contributed by atoms with Crippen molar-refractivity contribution in [3.8, 4) is 11.4 Å². The van der Waals surface area contributed by atoms with Gasteiger partial charge in [0.25, 0.3) is 0 Å². The van der Waals surface area contributed by atoms with Crippen LogP contribution in [0.1, 0.15) is 6.92 Å². The molecule has 14 heavy (non-hydrogen) atoms. The van der Waals surface area contributed by atoms with Gasteiger partial charge in [0.2, 0.25) is 0 Å². The lowest BCUT2D eigenvalue weighted by atomic mass is 10.3. The Morgan fingerprint density at radius 2 is 2.29 bits per heavy atom. The summed E-state index contributed by atoms with van der Waals surface area (Å²) in [5.74, 6) is 0. The SMILES string of the molecule is CCn1cc(Cl)c(-c2ccnn2C)n1. The highest BCUT2D eigenvalue weighted by molar-refractivity contribution is 6.32. The minimum Gasteiger partial charge on any atom is -0.271 e. The maximum Gasteiger partial charge on any atom is 0.129 e. The van der Waals surface area contributed by atoms with Crippen LogP contribution in [0.4, 0.5) is 0 Å². The predicted octanol–water partition coefficient (Wildman–Crippen LogP) is 1.96. The summed E-state index contributed by atoms with van der Waals surface area (Å²) in [6.45, 7) is 2.84. The number of hydrogen-bond acceptors (Lipinski definition) is 2. The van der Waals surface area contributed by atoms with Crippen molar-refractivity contribution in [3.63, 3.8) is 0 Å². The zero-order chi connectivity index (χ0) is 10.1. The average Bonchev–Trinajstić information content (AvgIpc) is 2.72. The van der Waals surface area contributed by atoms with Crippen molar-refractivity contribution in [2.24, 2.45) is 7.05 Å². The van der Waals surface area contributed by atoms with Crippen molar-refractivity contribution >= 4 is 11.6 Å². The molecule has 2 rings (SSSR count). The molecule has 0 saturated carbocycles. The lowest BCUT2D eigenvalue weighted by Gasteiger charge is -1.97. The predicted molar refractivity (Wildman–Crippen MR) is 55.1 cm³/mol. The van der Waals surface area contributed by atoms with Gasteiger partial charge in [0.1, 0.15) is 5.69 Å². The highest BCUT2D eigenvalue weighted by Gasteiger charge is 2.11. The monoisotopic (exact) mass is 210 g/mol. The first-order chi connectivity index (χ1) is 6.72. The fourth-order valence-corrected chi connectivity index (χ4v) is 1.59. The fourth-order valence-electron chi connectivity index (χ4n) is 1.34. The molecule has 0 aliphatic rings. The van der Waals surface area contributed by atoms with Crippen molar-refractivity contribution in [2.45, 2.75) is 13.5 Å². The molecule has 5 heteroatoms. The number of aryl methyl sites for hydroxylation is 2. The van der Waals surface area contributed by atoms with E-state index in [-0.39, 0.29) is 0 Å². The van der Waals surface area contributed by atoms with Crippen LogP contribution in [-0.2, 0) is 13.6 Å². The first-order valence-corrected chi connectivity index (χ1v) is 4.81. The second-order valence-corrected chi connectivity index (χ2v) is 3.43. The van der Waals surface area contributed by atoms with Crippen molar-refractivity contribution in [3.05, 3.63) is 23.5 Å². The largest absolute Gasteiger partial charge is 0.271 e. The number of nitrogens with zero attached hydrogens (tertiary/aromatic N) is 4. The zero-order valence-corrected chi connectivity index (χ0v) is 8.86. The van der Waals surface area contributed by atoms with E-state index in [1.54, 1.807) is 10.9 Å². The van der Waals surface area contributed by atoms with Crippen LogP contribution in [-0.4, -0.2) is 19.6 Å². The van der Waals surface area contributed by atoms with Crippen LogP contribution in [0.25, 0.3) is 11.4 Å². The third-order valence-corrected chi connectivity index (χ3v) is 2.38. The lowest BCUT2D eigenvalue weighted by molar-refractivity contribution is 0.659. The van der Waals surface area contributed by atoms with E-state index in [0.29, 0.717) is 5.02 Å². The molecule has 0 spiro atoms. The van der Waals surface area contributed by atoms with Crippen molar-refractivity contribution < 1.29 is 0 Å². The molecule has 0 N–H and O–H groups in total. The molecule has 4 nitrogen and oxygen atoms in total. The van der Waals surface area contributed by atoms with Gasteiger partial charge in [0, 0.05) is 26.0 Å². The van der Waals surface area contributed by atoms with Gasteiger partial charge in [-0.3, -0.25) is 9.36 Å². The highest BCUT2D eigenvalue weighted by atomic mass is 35.5. The molecule has 74 valence electrons. The smallest absolute Gasteiger partial charge is 0.129 e. The van der Waals surface area contributed by atoms with Crippen molar-refractivity contribution in [1.82, 2.24) is 19.6 Å². The molecule has 0 aromatic carbocycles. The summed E-state index contributed by atoms with van der Waals surface area (Å²) in [4.78, 5) is 0. The molecule has 2 heterocycles. The van der Waals surface area contributed by atoms with Crippen molar-refractivity contribution in [1.29, 1.82) is 0 Å². The Hall–Kier alpha value is -1.29. The van der Waals surface area contributed by atoms with Crippen LogP contribution < -0.4 is 0 Å². The van der Waals surface area contributed by atoms with Gasteiger partial charge >= 0.3 is 0 Å². The molecule has 0 atom stereocenters. The Kier molecular flexibility index (Phi) is 2.29. The summed E-state index contributed by atoms with van der Waals surface area (Å²) >= 11 is 6.06. The number of halogens is 1. The van der Waals surface area contributed by atoms with Gasteiger partial charge in [-0.25, -0.2) is 0 Å². The second kappa shape index (κ2) is 3.46. The van der Waals surface area contributed by atoms with Gasteiger partial charge in [-0.2, -0.15) is 10.2 Å². The van der Waals surface area contributed by atoms with E-state index in [1.165, 1.54) is 0 Å². The van der Waals surface area contributed by atoms with E-state index in [0.717, 1.165) is 17.9 Å². The Balaban J connectivity index is 2.51. The molecule has 0 amide bonds. The van der Waals surface area contributed by atoms with Gasteiger partial charge in [0.05, 0.1) is 10.7 Å². The summed E-state index contributed by atoms with van der Waals surface area (Å²) in [6, 6.07) is 1.90. The first kappa shape index (κ1) is 9.27. The molecule has 0 unspecified atom stereocenters. The molecule has 0 fully saturated rings. The minimum absolute atomic E-state index is 0.662. The average molecular weight is 211 g/mol. The summed E-state index contributed by atoms with van der Waals surface area (Å²) < 4.78 is 3.57. The van der Waals surface area contributed by atoms with E-state index in [1.807, 2.05) is 30.9 Å².